The summed E-state index contributed by atoms with van der Waals surface area (Å²) >= 11 is 6.01. The lowest BCUT2D eigenvalue weighted by Crippen LogP contribution is -2.54. The Balaban J connectivity index is 1.38. The van der Waals surface area contributed by atoms with Crippen molar-refractivity contribution in [2.45, 2.75) is 6.10 Å². The molecule has 7 nitrogen and oxygen atoms in total. The maximum atomic E-state index is 13.1. The van der Waals surface area contributed by atoms with Crippen LogP contribution in [0.1, 0.15) is 10.4 Å². The Morgan fingerprint density at radius 1 is 1.23 bits per heavy atom. The van der Waals surface area contributed by atoms with Crippen LogP contribution >= 0.6 is 11.6 Å². The van der Waals surface area contributed by atoms with E-state index in [1.807, 2.05) is 17.0 Å². The molecule has 0 bridgehead atoms. The maximum Gasteiger partial charge on any atom is 0.251 e. The highest BCUT2D eigenvalue weighted by Crippen LogP contribution is 2.29. The van der Waals surface area contributed by atoms with E-state index in [0.29, 0.717) is 36.0 Å². The van der Waals surface area contributed by atoms with E-state index in [4.69, 9.17) is 16.3 Å². The first kappa shape index (κ1) is 19.9. The zero-order chi connectivity index (χ0) is 21.1. The fourth-order valence-electron chi connectivity index (χ4n) is 3.05. The van der Waals surface area contributed by atoms with Gasteiger partial charge in [-0.1, -0.05) is 17.7 Å². The molecule has 154 valence electrons. The van der Waals surface area contributed by atoms with Gasteiger partial charge in [0.15, 0.2) is 0 Å². The van der Waals surface area contributed by atoms with Crippen LogP contribution in [0.5, 0.6) is 5.75 Å². The predicted octanol–water partition coefficient (Wildman–Crippen LogP) is 3.64. The van der Waals surface area contributed by atoms with Gasteiger partial charge in [0.1, 0.15) is 23.5 Å². The summed E-state index contributed by atoms with van der Waals surface area (Å²) in [6.45, 7) is 1.24. The Kier molecular flexibility index (Phi) is 5.67. The van der Waals surface area contributed by atoms with E-state index >= 15 is 0 Å². The van der Waals surface area contributed by atoms with Crippen LogP contribution in [0.15, 0.2) is 54.7 Å². The van der Waals surface area contributed by atoms with Crippen molar-refractivity contribution >= 4 is 35.0 Å². The Bertz CT molecular complexity index is 1070. The molecule has 1 aromatic heterocycles. The van der Waals surface area contributed by atoms with Crippen molar-refractivity contribution in [1.29, 1.82) is 0 Å². The summed E-state index contributed by atoms with van der Waals surface area (Å²) in [5.41, 5.74) is 1.25. The largest absolute Gasteiger partial charge is 0.485 e. The Hall–Kier alpha value is -3.39. The van der Waals surface area contributed by atoms with Gasteiger partial charge in [0.25, 0.3) is 5.91 Å². The molecule has 30 heavy (non-hydrogen) atoms. The second-order valence-electron chi connectivity index (χ2n) is 6.74. The maximum absolute atomic E-state index is 13.1. The lowest BCUT2D eigenvalue weighted by molar-refractivity contribution is 0.0963. The van der Waals surface area contributed by atoms with Gasteiger partial charge < -0.3 is 20.3 Å². The van der Waals surface area contributed by atoms with Crippen molar-refractivity contribution in [2.24, 2.45) is 0 Å². The van der Waals surface area contributed by atoms with Crippen LogP contribution in [0.2, 0.25) is 5.02 Å². The molecular weight excluding hydrogens is 409 g/mol. The summed E-state index contributed by atoms with van der Waals surface area (Å²) in [7, 11) is 1.59. The monoisotopic (exact) mass is 427 g/mol. The minimum absolute atomic E-state index is 0.0661. The Morgan fingerprint density at radius 2 is 2.07 bits per heavy atom. The molecule has 2 heterocycles. The second-order valence-corrected chi connectivity index (χ2v) is 7.15. The first-order valence-corrected chi connectivity index (χ1v) is 9.68. The van der Waals surface area contributed by atoms with Crippen molar-refractivity contribution in [3.63, 3.8) is 0 Å². The lowest BCUT2D eigenvalue weighted by Gasteiger charge is -2.39. The molecule has 0 spiro atoms. The zero-order valence-corrected chi connectivity index (χ0v) is 16.9. The van der Waals surface area contributed by atoms with E-state index in [-0.39, 0.29) is 17.0 Å². The number of rotatable bonds is 6. The average molecular weight is 428 g/mol. The molecule has 2 aromatic carbocycles. The minimum atomic E-state index is -0.399. The van der Waals surface area contributed by atoms with Crippen LogP contribution in [0.4, 0.5) is 21.8 Å². The van der Waals surface area contributed by atoms with E-state index in [0.717, 1.165) is 5.82 Å². The van der Waals surface area contributed by atoms with Crippen LogP contribution in [0.25, 0.3) is 0 Å². The smallest absolute Gasteiger partial charge is 0.251 e. The molecule has 1 aliphatic heterocycles. The molecule has 0 saturated carbocycles. The van der Waals surface area contributed by atoms with Gasteiger partial charge in [-0.15, -0.1) is 0 Å². The van der Waals surface area contributed by atoms with Gasteiger partial charge in [0, 0.05) is 24.5 Å². The number of ether oxygens (including phenoxy) is 1. The normalized spacial score (nSPS) is 13.5. The number of halogens is 2. The Morgan fingerprint density at radius 3 is 2.83 bits per heavy atom. The standard InChI is InChI=1S/C21H19ClFN5O2/c1-24-20(29)13-3-2-4-15(9-13)26-21-25-8-7-19(27-21)28-11-16(12-28)30-18-6-5-14(23)10-17(18)22/h2-10,16H,11-12H2,1H3,(H,24,29)(H,25,26,27). The molecule has 1 fully saturated rings. The van der Waals surface area contributed by atoms with E-state index < -0.39 is 5.82 Å². The van der Waals surface area contributed by atoms with E-state index in [9.17, 15) is 9.18 Å². The predicted molar refractivity (Wildman–Crippen MR) is 113 cm³/mol. The summed E-state index contributed by atoms with van der Waals surface area (Å²) < 4.78 is 19.0. The van der Waals surface area contributed by atoms with Gasteiger partial charge in [-0.05, 0) is 42.5 Å². The van der Waals surface area contributed by atoms with Crippen molar-refractivity contribution in [3.05, 3.63) is 71.1 Å². The molecule has 0 unspecified atom stereocenters. The van der Waals surface area contributed by atoms with E-state index in [1.165, 1.54) is 18.2 Å². The molecule has 9 heteroatoms. The fraction of sp³-hybridized carbons (Fsp3) is 0.190. The number of carbonyl (C=O) groups excluding carboxylic acids is 1. The highest BCUT2D eigenvalue weighted by Gasteiger charge is 2.30. The molecule has 1 amide bonds. The first-order valence-electron chi connectivity index (χ1n) is 9.30. The summed E-state index contributed by atoms with van der Waals surface area (Å²) in [5.74, 6) is 1.07. The topological polar surface area (TPSA) is 79.4 Å². The molecule has 0 atom stereocenters. The number of nitrogens with one attached hydrogen (secondary N) is 2. The molecule has 1 aliphatic rings. The third kappa shape index (κ3) is 4.44. The van der Waals surface area contributed by atoms with Crippen LogP contribution in [0.3, 0.4) is 0 Å². The summed E-state index contributed by atoms with van der Waals surface area (Å²) in [6.07, 6.45) is 1.60. The van der Waals surface area contributed by atoms with E-state index in [1.54, 1.807) is 31.4 Å². The first-order chi connectivity index (χ1) is 14.5. The van der Waals surface area contributed by atoms with Crippen LogP contribution in [-0.2, 0) is 0 Å². The van der Waals surface area contributed by atoms with Crippen LogP contribution in [-0.4, -0.2) is 42.1 Å². The number of anilines is 3. The van der Waals surface area contributed by atoms with Gasteiger partial charge in [-0.3, -0.25) is 4.79 Å². The van der Waals surface area contributed by atoms with Gasteiger partial charge in [-0.25, -0.2) is 9.37 Å². The number of nitrogens with zero attached hydrogens (tertiary/aromatic N) is 3. The SMILES string of the molecule is CNC(=O)c1cccc(Nc2nccc(N3CC(Oc4ccc(F)cc4Cl)C3)n2)c1. The highest BCUT2D eigenvalue weighted by atomic mass is 35.5. The number of benzene rings is 2. The van der Waals surface area contributed by atoms with Crippen LogP contribution in [0, 0.1) is 5.82 Å². The Labute approximate surface area is 177 Å². The molecule has 4 rings (SSSR count). The third-order valence-corrected chi connectivity index (χ3v) is 4.90. The third-order valence-electron chi connectivity index (χ3n) is 4.61. The van der Waals surface area contributed by atoms with Crippen molar-refractivity contribution < 1.29 is 13.9 Å². The molecule has 3 aromatic rings. The molecule has 2 N–H and O–H groups in total. The lowest BCUT2D eigenvalue weighted by atomic mass is 10.1. The van der Waals surface area contributed by atoms with Gasteiger partial charge in [0.2, 0.25) is 5.95 Å². The highest BCUT2D eigenvalue weighted by molar-refractivity contribution is 6.32. The fourth-order valence-corrected chi connectivity index (χ4v) is 3.26. The zero-order valence-electron chi connectivity index (χ0n) is 16.1. The minimum Gasteiger partial charge on any atom is -0.485 e. The van der Waals surface area contributed by atoms with E-state index in [2.05, 4.69) is 20.6 Å². The van der Waals surface area contributed by atoms with Gasteiger partial charge in [0.05, 0.1) is 18.1 Å². The molecule has 0 radical (unpaired) electrons. The van der Waals surface area contributed by atoms with Crippen molar-refractivity contribution in [3.8, 4) is 5.75 Å². The number of hydrogen-bond acceptors (Lipinski definition) is 6. The second kappa shape index (κ2) is 8.54. The number of aromatic nitrogens is 2. The van der Waals surface area contributed by atoms with Crippen LogP contribution < -0.4 is 20.3 Å². The van der Waals surface area contributed by atoms with Crippen molar-refractivity contribution in [2.75, 3.05) is 30.4 Å². The quantitative estimate of drug-likeness (QED) is 0.625. The molecule has 1 saturated heterocycles. The number of hydrogen-bond donors (Lipinski definition) is 2. The average Bonchev–Trinajstić information content (AvgIpc) is 2.71. The van der Waals surface area contributed by atoms with Gasteiger partial charge in [-0.2, -0.15) is 4.98 Å². The molecule has 0 aliphatic carbocycles. The number of amides is 1. The summed E-state index contributed by atoms with van der Waals surface area (Å²) in [4.78, 5) is 22.6. The van der Waals surface area contributed by atoms with Crippen molar-refractivity contribution in [1.82, 2.24) is 15.3 Å². The molecular formula is C21H19ClFN5O2. The summed E-state index contributed by atoms with van der Waals surface area (Å²) in [5, 5.41) is 5.96. The summed E-state index contributed by atoms with van der Waals surface area (Å²) in [6, 6.07) is 13.0. The number of carbonyl (C=O) groups is 1. The van der Waals surface area contributed by atoms with Gasteiger partial charge >= 0.3 is 0 Å².